The van der Waals surface area contributed by atoms with Gasteiger partial charge in [0, 0.05) is 104 Å². The quantitative estimate of drug-likeness (QED) is 0.0534. The number of aliphatic hydroxyl groups is 1. The summed E-state index contributed by atoms with van der Waals surface area (Å²) in [6.45, 7) is 17.5. The van der Waals surface area contributed by atoms with E-state index < -0.39 is 14.4 Å². The van der Waals surface area contributed by atoms with Crippen LogP contribution in [0.3, 0.4) is 0 Å². The Morgan fingerprint density at radius 2 is 1.19 bits per heavy atom. The Morgan fingerprint density at radius 3 is 1.59 bits per heavy atom. The Morgan fingerprint density at radius 1 is 0.767 bits per heavy atom. The third-order valence-electron chi connectivity index (χ3n) is 14.3. The number of aliphatic hydroxyl groups excluding tert-OH is 1. The molecule has 6 aromatic rings. The van der Waals surface area contributed by atoms with Crippen molar-refractivity contribution in [2.24, 2.45) is 17.6 Å². The van der Waals surface area contributed by atoms with Crippen molar-refractivity contribution in [1.29, 1.82) is 0 Å². The number of hydrogen-bond acceptors (Lipinski definition) is 11. The fourth-order valence-corrected chi connectivity index (χ4v) is 9.97. The summed E-state index contributed by atoms with van der Waals surface area (Å²) >= 11 is 0. The number of imidazole rings is 2. The summed E-state index contributed by atoms with van der Waals surface area (Å²) in [5, 5.41) is 18.7. The molecule has 4 atom stereocenters. The second kappa shape index (κ2) is 24.9. The maximum Gasteiger partial charge on any atom is 0.209 e. The topological polar surface area (TPSA) is 184 Å². The van der Waals surface area contributed by atoms with Crippen LogP contribution in [0.25, 0.3) is 22.6 Å². The van der Waals surface area contributed by atoms with Crippen molar-refractivity contribution < 1.29 is 28.2 Å². The third-order valence-corrected chi connectivity index (χ3v) is 18.9. The van der Waals surface area contributed by atoms with Crippen molar-refractivity contribution in [2.75, 3.05) is 20.6 Å². The van der Waals surface area contributed by atoms with Crippen LogP contribution in [0.4, 0.5) is 0 Å². The molecule has 2 aliphatic rings. The van der Waals surface area contributed by atoms with E-state index in [-0.39, 0.29) is 38.1 Å². The van der Waals surface area contributed by atoms with Crippen molar-refractivity contribution in [2.45, 2.75) is 143 Å². The minimum Gasteiger partial charge on any atom is -0.407 e. The van der Waals surface area contributed by atoms with E-state index >= 15 is 0 Å². The molecule has 0 radical (unpaired) electrons. The van der Waals surface area contributed by atoms with E-state index in [1.165, 1.54) is 0 Å². The average molecular weight is 1010 g/mol. The first-order valence-electron chi connectivity index (χ1n) is 24.6. The molecule has 2 aliphatic carbocycles. The molecule has 3 N–H and O–H groups in total. The smallest absolute Gasteiger partial charge is 0.209 e. The molecule has 4 aromatic heterocycles. The molecule has 73 heavy (non-hydrogen) atoms. The number of aromatic nitrogens is 6. The SMILES string of the molecule is C.C.CC[C@H](c1cc(-c2ccc(C#CC3CC(N(C)C=O)C3)cc2)on1)n1ccnc1[C@H](C)O[Si](C)(C)C(C)(C)C.C[C@H](O)c1nccn1[C@H](CN)c1cc(-c2ccc(C#CC3CC(N(C)C=O)C3)cc2)on1. The van der Waals surface area contributed by atoms with Crippen LogP contribution in [0, 0.1) is 35.5 Å². The van der Waals surface area contributed by atoms with Crippen LogP contribution in [0.2, 0.25) is 18.1 Å². The lowest BCUT2D eigenvalue weighted by atomic mass is 9.80. The molecule has 0 unspecified atom stereocenters. The third kappa shape index (κ3) is 13.5. The van der Waals surface area contributed by atoms with Crippen molar-refractivity contribution in [3.63, 3.8) is 0 Å². The van der Waals surface area contributed by atoms with E-state index in [0.29, 0.717) is 47.7 Å². The molecule has 4 heterocycles. The zero-order valence-corrected chi connectivity index (χ0v) is 43.7. The summed E-state index contributed by atoms with van der Waals surface area (Å²) in [4.78, 5) is 34.0. The average Bonchev–Trinajstić information content (AvgIpc) is 4.18. The highest BCUT2D eigenvalue weighted by Gasteiger charge is 2.40. The van der Waals surface area contributed by atoms with Crippen LogP contribution in [0.5, 0.6) is 0 Å². The minimum absolute atomic E-state index is 0. The van der Waals surface area contributed by atoms with Gasteiger partial charge in [0.1, 0.15) is 35.2 Å². The number of nitrogens with two attached hydrogens (primary N) is 1. The number of nitrogens with zero attached hydrogens (tertiary/aromatic N) is 8. The number of hydrogen-bond donors (Lipinski definition) is 2. The Kier molecular flexibility index (Phi) is 19.6. The van der Waals surface area contributed by atoms with Gasteiger partial charge >= 0.3 is 0 Å². The van der Waals surface area contributed by atoms with Crippen LogP contribution >= 0.6 is 0 Å². The Balaban J connectivity index is 0.000000268. The standard InChI is InChI=1S/C31H42N4O3Si.C24H27N5O3.2CH4/c1-9-28(35-17-16-32-30(35)22(2)38-39(7,8)31(3,4)5)27-20-29(37-33-27)25-14-12-23(13-15-25)10-11-24-18-26(19-24)34(6)21-36;1-16(31)24-26-9-10-29(24)22(14-25)21-13-23(32-27-21)19-7-5-17(6-8-19)3-4-18-11-20(12-18)28(2)15-30;;/h12-17,20-22,24,26,28H,9,18-19H2,1-8H3;5-10,13,15-16,18,20,22,31H,11-12,14,25H2,1-2H3;2*1H4/t22-,24?,26?,28+;16-,18?,20?,22+;;/m00../s1. The van der Waals surface area contributed by atoms with Gasteiger partial charge in [-0.25, -0.2) is 9.97 Å². The van der Waals surface area contributed by atoms with Gasteiger partial charge in [-0.05, 0) is 113 Å². The molecule has 15 nitrogen and oxygen atoms in total. The molecular formula is C57H77N9O6Si. The van der Waals surface area contributed by atoms with E-state index in [1.54, 1.807) is 29.1 Å². The molecule has 0 bridgehead atoms. The fourth-order valence-electron chi connectivity index (χ4n) is 8.63. The molecule has 8 rings (SSSR count). The van der Waals surface area contributed by atoms with Crippen LogP contribution in [-0.4, -0.2) is 98.2 Å². The highest BCUT2D eigenvalue weighted by Crippen LogP contribution is 2.40. The lowest BCUT2D eigenvalue weighted by molar-refractivity contribution is -0.121. The molecular weight excluding hydrogens is 935 g/mol. The summed E-state index contributed by atoms with van der Waals surface area (Å²) in [5.41, 5.74) is 11.3. The fraction of sp³-hybridized carbons (Fsp3) is 0.474. The molecule has 2 aromatic carbocycles. The van der Waals surface area contributed by atoms with E-state index in [1.807, 2.05) is 91.7 Å². The number of carbonyl (C=O) groups excluding carboxylic acids is 2. The van der Waals surface area contributed by atoms with Crippen molar-refractivity contribution >= 4 is 21.1 Å². The van der Waals surface area contributed by atoms with Gasteiger partial charge < -0.3 is 43.2 Å². The van der Waals surface area contributed by atoms with Gasteiger partial charge in [0.05, 0.1) is 12.1 Å². The molecule has 0 spiro atoms. The van der Waals surface area contributed by atoms with Gasteiger partial charge in [-0.1, -0.05) is 76.5 Å². The molecule has 390 valence electrons. The zero-order chi connectivity index (χ0) is 51.0. The van der Waals surface area contributed by atoms with Gasteiger partial charge in [-0.15, -0.1) is 0 Å². The molecule has 2 amide bonds. The second-order valence-corrected chi connectivity index (χ2v) is 25.1. The highest BCUT2D eigenvalue weighted by atomic mass is 28.4. The molecule has 2 fully saturated rings. The summed E-state index contributed by atoms with van der Waals surface area (Å²) in [6, 6.07) is 20.1. The molecule has 16 heteroatoms. The predicted octanol–water partition coefficient (Wildman–Crippen LogP) is 10.5. The van der Waals surface area contributed by atoms with Crippen LogP contribution < -0.4 is 5.73 Å². The zero-order valence-electron chi connectivity index (χ0n) is 42.7. The lowest BCUT2D eigenvalue weighted by Gasteiger charge is -2.38. The normalized spacial score (nSPS) is 18.6. The summed E-state index contributed by atoms with van der Waals surface area (Å²) in [6.07, 6.45) is 12.8. The van der Waals surface area contributed by atoms with Crippen LogP contribution in [-0.2, 0) is 14.0 Å². The number of rotatable bonds is 16. The van der Waals surface area contributed by atoms with Crippen LogP contribution in [0.1, 0.15) is 147 Å². The molecule has 2 saturated carbocycles. The van der Waals surface area contributed by atoms with Crippen molar-refractivity contribution in [3.8, 4) is 46.3 Å². The largest absolute Gasteiger partial charge is 0.407 e. The molecule has 0 aliphatic heterocycles. The van der Waals surface area contributed by atoms with E-state index in [0.717, 1.165) is 84.5 Å². The predicted molar refractivity (Wildman–Crippen MR) is 289 cm³/mol. The number of carbonyl (C=O) groups is 2. The number of benzene rings is 2. The van der Waals surface area contributed by atoms with Gasteiger partial charge in [-0.3, -0.25) is 9.59 Å². The van der Waals surface area contributed by atoms with Gasteiger partial charge in [0.25, 0.3) is 0 Å². The summed E-state index contributed by atoms with van der Waals surface area (Å²) in [7, 11) is 1.69. The van der Waals surface area contributed by atoms with Gasteiger partial charge in [-0.2, -0.15) is 0 Å². The maximum atomic E-state index is 10.9. The second-order valence-electron chi connectivity index (χ2n) is 20.4. The van der Waals surface area contributed by atoms with E-state index in [9.17, 15) is 14.7 Å². The minimum atomic E-state index is -1.95. The Bertz CT molecular complexity index is 2820. The summed E-state index contributed by atoms with van der Waals surface area (Å²) in [5.74, 6) is 16.6. The van der Waals surface area contributed by atoms with E-state index in [4.69, 9.17) is 19.2 Å². The first-order valence-corrected chi connectivity index (χ1v) is 27.5. The maximum absolute atomic E-state index is 10.9. The number of amides is 2. The monoisotopic (exact) mass is 1010 g/mol. The Labute approximate surface area is 434 Å². The van der Waals surface area contributed by atoms with E-state index in [2.05, 4.69) is 96.2 Å². The highest BCUT2D eigenvalue weighted by molar-refractivity contribution is 6.74. The molecule has 0 saturated heterocycles. The van der Waals surface area contributed by atoms with Crippen molar-refractivity contribution in [3.05, 3.63) is 120 Å². The summed E-state index contributed by atoms with van der Waals surface area (Å²) < 4.78 is 22.0. The van der Waals surface area contributed by atoms with Crippen LogP contribution in [0.15, 0.2) is 94.5 Å². The Hall–Kier alpha value is -6.56. The first-order chi connectivity index (χ1) is 33.9. The van der Waals surface area contributed by atoms with Crippen molar-refractivity contribution in [1.82, 2.24) is 39.2 Å². The van der Waals surface area contributed by atoms with Gasteiger partial charge in [0.2, 0.25) is 12.8 Å². The lowest BCUT2D eigenvalue weighted by Crippen LogP contribution is -2.41. The first kappa shape index (κ1) is 57.3. The van der Waals surface area contributed by atoms with Gasteiger partial charge in [0.15, 0.2) is 19.8 Å².